The van der Waals surface area contributed by atoms with Gasteiger partial charge in [0.2, 0.25) is 6.10 Å². The van der Waals surface area contributed by atoms with Crippen molar-refractivity contribution in [1.82, 2.24) is 5.43 Å². The molecule has 0 aliphatic rings. The van der Waals surface area contributed by atoms with Gasteiger partial charge in [0.05, 0.1) is 6.61 Å². The monoisotopic (exact) mass is 278 g/mol. The molecule has 0 aliphatic carbocycles. The molecule has 0 spiro atoms. The van der Waals surface area contributed by atoms with E-state index in [2.05, 4.69) is 0 Å². The van der Waals surface area contributed by atoms with E-state index in [0.29, 0.717) is 15.8 Å². The summed E-state index contributed by atoms with van der Waals surface area (Å²) in [6.45, 7) is 0.0627. The summed E-state index contributed by atoms with van der Waals surface area (Å²) < 4.78 is 10.2. The van der Waals surface area contributed by atoms with Gasteiger partial charge in [-0.2, -0.15) is 0 Å². The van der Waals surface area contributed by atoms with E-state index in [1.165, 1.54) is 7.11 Å². The molecule has 1 amide bonds. The Morgan fingerprint density at radius 3 is 2.47 bits per heavy atom. The second-order valence-electron chi connectivity index (χ2n) is 3.18. The van der Waals surface area contributed by atoms with Gasteiger partial charge >= 0.3 is 0 Å². The Morgan fingerprint density at radius 2 is 2.00 bits per heavy atom. The molecule has 0 bridgehead atoms. The van der Waals surface area contributed by atoms with Crippen molar-refractivity contribution in [3.8, 4) is 5.75 Å². The lowest BCUT2D eigenvalue weighted by Gasteiger charge is -2.16. The van der Waals surface area contributed by atoms with Crippen molar-refractivity contribution in [1.29, 1.82) is 0 Å². The highest BCUT2D eigenvalue weighted by molar-refractivity contribution is 6.34. The highest BCUT2D eigenvalue weighted by Gasteiger charge is 2.19. The van der Waals surface area contributed by atoms with Crippen LogP contribution in [0.3, 0.4) is 0 Å². The molecule has 0 saturated heterocycles. The van der Waals surface area contributed by atoms with Crippen LogP contribution in [0.4, 0.5) is 0 Å². The molecule has 7 heteroatoms. The number of rotatable bonds is 5. The largest absolute Gasteiger partial charge is 0.478 e. The topological polar surface area (TPSA) is 73.6 Å². The molecule has 17 heavy (non-hydrogen) atoms. The molecule has 0 saturated carbocycles. The van der Waals surface area contributed by atoms with E-state index in [0.717, 1.165) is 0 Å². The lowest BCUT2D eigenvalue weighted by Crippen LogP contribution is -2.44. The maximum absolute atomic E-state index is 11.4. The van der Waals surface area contributed by atoms with E-state index in [1.54, 1.807) is 18.2 Å². The zero-order valence-corrected chi connectivity index (χ0v) is 10.6. The molecule has 1 rings (SSSR count). The number of amides is 1. The third-order valence-corrected chi connectivity index (χ3v) is 2.30. The average Bonchev–Trinajstić information content (AvgIpc) is 2.26. The average molecular weight is 279 g/mol. The van der Waals surface area contributed by atoms with Gasteiger partial charge < -0.3 is 9.47 Å². The van der Waals surface area contributed by atoms with Crippen LogP contribution < -0.4 is 16.0 Å². The van der Waals surface area contributed by atoms with Gasteiger partial charge in [0.25, 0.3) is 5.91 Å². The molecule has 1 aromatic carbocycles. The van der Waals surface area contributed by atoms with Crippen LogP contribution in [0.5, 0.6) is 5.75 Å². The summed E-state index contributed by atoms with van der Waals surface area (Å²) >= 11 is 11.6. The summed E-state index contributed by atoms with van der Waals surface area (Å²) in [6, 6.07) is 4.64. The molecule has 0 heterocycles. The predicted molar refractivity (Wildman–Crippen MR) is 65.1 cm³/mol. The Hall–Kier alpha value is -1.01. The number of nitrogens with two attached hydrogens (primary N) is 1. The highest BCUT2D eigenvalue weighted by Crippen LogP contribution is 2.24. The first-order chi connectivity index (χ1) is 8.06. The first kappa shape index (κ1) is 14.1. The minimum Gasteiger partial charge on any atom is -0.478 e. The number of carbonyl (C=O) groups is 1. The van der Waals surface area contributed by atoms with Crippen LogP contribution in [0.25, 0.3) is 0 Å². The predicted octanol–water partition coefficient (Wildman–Crippen LogP) is 1.38. The molecular formula is C10H12Cl2N2O3. The number of nitrogens with one attached hydrogen (secondary N) is 1. The molecular weight excluding hydrogens is 267 g/mol. The van der Waals surface area contributed by atoms with Crippen LogP contribution in [-0.4, -0.2) is 25.7 Å². The van der Waals surface area contributed by atoms with Crippen molar-refractivity contribution in [2.45, 2.75) is 6.10 Å². The number of benzene rings is 1. The van der Waals surface area contributed by atoms with Gasteiger partial charge in [-0.3, -0.25) is 10.2 Å². The zero-order valence-electron chi connectivity index (χ0n) is 9.07. The second kappa shape index (κ2) is 6.66. The summed E-state index contributed by atoms with van der Waals surface area (Å²) in [5.74, 6) is 4.90. The third kappa shape index (κ3) is 4.40. The molecule has 1 aromatic rings. The smallest absolute Gasteiger partial charge is 0.277 e. The Kier molecular flexibility index (Phi) is 5.50. The molecule has 5 nitrogen and oxygen atoms in total. The van der Waals surface area contributed by atoms with Gasteiger partial charge in [0.1, 0.15) is 5.75 Å². The van der Waals surface area contributed by atoms with Crippen molar-refractivity contribution in [2.75, 3.05) is 13.7 Å². The molecule has 0 aromatic heterocycles. The Bertz CT molecular complexity index is 381. The fourth-order valence-electron chi connectivity index (χ4n) is 1.17. The molecule has 0 radical (unpaired) electrons. The van der Waals surface area contributed by atoms with E-state index in [-0.39, 0.29) is 6.61 Å². The molecule has 0 fully saturated rings. The fourth-order valence-corrected chi connectivity index (χ4v) is 1.67. The molecule has 1 unspecified atom stereocenters. The number of halogens is 2. The van der Waals surface area contributed by atoms with Gasteiger partial charge in [0.15, 0.2) is 0 Å². The number of hydrogen-bond acceptors (Lipinski definition) is 4. The molecule has 3 N–H and O–H groups in total. The van der Waals surface area contributed by atoms with Crippen molar-refractivity contribution in [3.63, 3.8) is 0 Å². The molecule has 1 atom stereocenters. The van der Waals surface area contributed by atoms with Crippen molar-refractivity contribution < 1.29 is 14.3 Å². The number of ether oxygens (including phenoxy) is 2. The maximum atomic E-state index is 11.4. The number of methoxy groups -OCH3 is 1. The number of hydrazine groups is 1. The van der Waals surface area contributed by atoms with Gasteiger partial charge in [-0.1, -0.05) is 23.2 Å². The van der Waals surface area contributed by atoms with Crippen LogP contribution in [-0.2, 0) is 9.53 Å². The summed E-state index contributed by atoms with van der Waals surface area (Å²) in [7, 11) is 1.45. The first-order valence-electron chi connectivity index (χ1n) is 4.69. The fraction of sp³-hybridized carbons (Fsp3) is 0.300. The van der Waals surface area contributed by atoms with Crippen LogP contribution in [0.15, 0.2) is 18.2 Å². The van der Waals surface area contributed by atoms with Crippen LogP contribution in [0, 0.1) is 0 Å². The van der Waals surface area contributed by atoms with Crippen molar-refractivity contribution in [3.05, 3.63) is 28.2 Å². The van der Waals surface area contributed by atoms with Crippen LogP contribution >= 0.6 is 23.2 Å². The van der Waals surface area contributed by atoms with Gasteiger partial charge in [-0.15, -0.1) is 0 Å². The molecule has 0 aliphatic heterocycles. The Balaban J connectivity index is 2.81. The van der Waals surface area contributed by atoms with E-state index in [9.17, 15) is 4.79 Å². The lowest BCUT2D eigenvalue weighted by atomic mass is 10.3. The maximum Gasteiger partial charge on any atom is 0.277 e. The van der Waals surface area contributed by atoms with Crippen molar-refractivity contribution >= 4 is 29.1 Å². The minimum absolute atomic E-state index is 0.0627. The summed E-state index contributed by atoms with van der Waals surface area (Å²) in [4.78, 5) is 11.4. The first-order valence-corrected chi connectivity index (χ1v) is 5.44. The number of hydrogen-bond donors (Lipinski definition) is 2. The van der Waals surface area contributed by atoms with E-state index < -0.39 is 12.0 Å². The van der Waals surface area contributed by atoms with Gasteiger partial charge in [0, 0.05) is 17.2 Å². The Labute approximate surface area is 109 Å². The van der Waals surface area contributed by atoms with Gasteiger partial charge in [-0.05, 0) is 18.2 Å². The SMILES string of the molecule is COCC(Oc1cc(Cl)cc(Cl)c1)C(=O)NN. The third-order valence-electron chi connectivity index (χ3n) is 1.87. The highest BCUT2D eigenvalue weighted by atomic mass is 35.5. The van der Waals surface area contributed by atoms with Gasteiger partial charge in [-0.25, -0.2) is 5.84 Å². The van der Waals surface area contributed by atoms with Crippen LogP contribution in [0.1, 0.15) is 0 Å². The van der Waals surface area contributed by atoms with E-state index in [1.807, 2.05) is 5.43 Å². The number of carbonyl (C=O) groups excluding carboxylic acids is 1. The van der Waals surface area contributed by atoms with E-state index in [4.69, 9.17) is 38.5 Å². The molecule has 94 valence electrons. The summed E-state index contributed by atoms with van der Waals surface area (Å²) in [6.07, 6.45) is -0.862. The summed E-state index contributed by atoms with van der Waals surface area (Å²) in [5, 5.41) is 0.827. The second-order valence-corrected chi connectivity index (χ2v) is 4.05. The quantitative estimate of drug-likeness (QED) is 0.485. The Morgan fingerprint density at radius 1 is 1.41 bits per heavy atom. The minimum atomic E-state index is -0.862. The zero-order chi connectivity index (χ0) is 12.8. The van der Waals surface area contributed by atoms with Crippen LogP contribution in [0.2, 0.25) is 10.0 Å². The lowest BCUT2D eigenvalue weighted by molar-refractivity contribution is -0.130. The van der Waals surface area contributed by atoms with Crippen molar-refractivity contribution in [2.24, 2.45) is 5.84 Å². The summed E-state index contributed by atoms with van der Waals surface area (Å²) in [5.41, 5.74) is 1.99. The standard InChI is InChI=1S/C10H12Cl2N2O3/c1-16-5-9(10(15)14-13)17-8-3-6(11)2-7(12)4-8/h2-4,9H,5,13H2,1H3,(H,14,15). The normalized spacial score (nSPS) is 12.0. The van der Waals surface area contributed by atoms with E-state index >= 15 is 0 Å².